The van der Waals surface area contributed by atoms with Crippen LogP contribution in [0.4, 0.5) is 8.78 Å². The van der Waals surface area contributed by atoms with E-state index in [1.165, 1.54) is 0 Å². The molecule has 0 unspecified atom stereocenters. The normalized spacial score (nSPS) is 10.8. The Morgan fingerprint density at radius 3 is 1.96 bits per heavy atom. The maximum Gasteiger partial charge on any atom is 0.166 e. The van der Waals surface area contributed by atoms with Crippen LogP contribution in [0.15, 0.2) is 66.7 Å². The van der Waals surface area contributed by atoms with E-state index in [4.69, 9.17) is 0 Å². The van der Waals surface area contributed by atoms with Gasteiger partial charge >= 0.3 is 0 Å². The van der Waals surface area contributed by atoms with Gasteiger partial charge in [0, 0.05) is 5.56 Å². The number of rotatable bonds is 5. The van der Waals surface area contributed by atoms with Crippen LogP contribution in [0.1, 0.15) is 25.3 Å². The van der Waals surface area contributed by atoms with E-state index in [9.17, 15) is 8.78 Å². The van der Waals surface area contributed by atoms with Crippen LogP contribution in [0.5, 0.6) is 0 Å². The molecule has 0 radical (unpaired) electrons. The van der Waals surface area contributed by atoms with Crippen molar-refractivity contribution in [3.8, 4) is 22.3 Å². The third-order valence-corrected chi connectivity index (χ3v) is 4.26. The average Bonchev–Trinajstić information content (AvgIpc) is 2.64. The summed E-state index contributed by atoms with van der Waals surface area (Å²) in [6, 6.07) is 20.9. The maximum atomic E-state index is 14.4. The Bertz CT molecular complexity index is 805. The van der Waals surface area contributed by atoms with Gasteiger partial charge in [-0.25, -0.2) is 8.78 Å². The number of hydrogen-bond donors (Lipinski definition) is 0. The number of hydrogen-bond acceptors (Lipinski definition) is 0. The van der Waals surface area contributed by atoms with E-state index >= 15 is 0 Å². The summed E-state index contributed by atoms with van der Waals surface area (Å²) in [5, 5.41) is 0. The largest absolute Gasteiger partial charge is 0.203 e. The molecule has 0 saturated carbocycles. The minimum atomic E-state index is -0.754. The van der Waals surface area contributed by atoms with E-state index in [1.807, 2.05) is 61.5 Å². The smallest absolute Gasteiger partial charge is 0.166 e. The van der Waals surface area contributed by atoms with E-state index in [-0.39, 0.29) is 0 Å². The van der Waals surface area contributed by atoms with Crippen molar-refractivity contribution in [1.82, 2.24) is 0 Å². The van der Waals surface area contributed by atoms with Crippen molar-refractivity contribution in [2.24, 2.45) is 0 Å². The first-order valence-electron chi connectivity index (χ1n) is 8.33. The number of aryl methyl sites for hydroxylation is 1. The lowest BCUT2D eigenvalue weighted by atomic mass is 9.98. The number of benzene rings is 3. The van der Waals surface area contributed by atoms with Gasteiger partial charge in [0.15, 0.2) is 11.6 Å². The van der Waals surface area contributed by atoms with E-state index in [0.717, 1.165) is 24.0 Å². The fourth-order valence-corrected chi connectivity index (χ4v) is 2.85. The molecule has 0 N–H and O–H groups in total. The molecular formula is C22H20F2. The van der Waals surface area contributed by atoms with Gasteiger partial charge in [0.2, 0.25) is 0 Å². The van der Waals surface area contributed by atoms with Crippen LogP contribution in [0.3, 0.4) is 0 Å². The zero-order valence-electron chi connectivity index (χ0n) is 13.7. The Kier molecular flexibility index (Phi) is 5.05. The minimum Gasteiger partial charge on any atom is -0.203 e. The monoisotopic (exact) mass is 322 g/mol. The Labute approximate surface area is 141 Å². The number of halogens is 2. The predicted octanol–water partition coefficient (Wildman–Crippen LogP) is 6.64. The van der Waals surface area contributed by atoms with Crippen LogP contribution in [0.2, 0.25) is 0 Å². The predicted molar refractivity (Wildman–Crippen MR) is 95.8 cm³/mol. The summed E-state index contributed by atoms with van der Waals surface area (Å²) >= 11 is 0. The fourth-order valence-electron chi connectivity index (χ4n) is 2.85. The van der Waals surface area contributed by atoms with Gasteiger partial charge in [0.1, 0.15) is 0 Å². The summed E-state index contributed by atoms with van der Waals surface area (Å²) in [4.78, 5) is 0. The van der Waals surface area contributed by atoms with Crippen molar-refractivity contribution in [1.29, 1.82) is 0 Å². The van der Waals surface area contributed by atoms with Gasteiger partial charge in [-0.05, 0) is 35.1 Å². The third kappa shape index (κ3) is 3.38. The summed E-state index contributed by atoms with van der Waals surface area (Å²) in [7, 11) is 0. The van der Waals surface area contributed by atoms with Crippen molar-refractivity contribution >= 4 is 0 Å². The molecule has 24 heavy (non-hydrogen) atoms. The first-order valence-corrected chi connectivity index (χ1v) is 8.33. The minimum absolute atomic E-state index is 0.312. The quantitative estimate of drug-likeness (QED) is 0.494. The Hall–Kier alpha value is -2.48. The molecule has 0 aliphatic heterocycles. The molecule has 0 bridgehead atoms. The molecule has 0 atom stereocenters. The molecule has 0 aliphatic carbocycles. The molecule has 3 rings (SSSR count). The van der Waals surface area contributed by atoms with Gasteiger partial charge in [-0.15, -0.1) is 0 Å². The fraction of sp³-hybridized carbons (Fsp3) is 0.182. The average molecular weight is 322 g/mol. The second-order valence-corrected chi connectivity index (χ2v) is 5.95. The van der Waals surface area contributed by atoms with Crippen molar-refractivity contribution in [2.45, 2.75) is 26.2 Å². The van der Waals surface area contributed by atoms with Crippen LogP contribution in [-0.2, 0) is 6.42 Å². The molecule has 0 fully saturated rings. The first kappa shape index (κ1) is 16.4. The molecule has 122 valence electrons. The molecule has 3 aromatic carbocycles. The molecular weight excluding hydrogens is 302 g/mol. The summed E-state index contributed by atoms with van der Waals surface area (Å²) in [5.74, 6) is -1.47. The summed E-state index contributed by atoms with van der Waals surface area (Å²) in [6.07, 6.45) is 2.40. The second-order valence-electron chi connectivity index (χ2n) is 5.95. The SMILES string of the molecule is CCCCc1ccc(-c2ccc(-c3ccccc3)cc2)c(F)c1F. The standard InChI is InChI=1S/C22H20F2/c1-2-3-7-19-14-15-20(22(24)21(19)23)18-12-10-17(11-13-18)16-8-5-4-6-9-16/h4-6,8-15H,2-3,7H2,1H3. The van der Waals surface area contributed by atoms with Crippen molar-refractivity contribution in [3.63, 3.8) is 0 Å². The summed E-state index contributed by atoms with van der Waals surface area (Å²) < 4.78 is 28.7. The van der Waals surface area contributed by atoms with E-state index in [0.29, 0.717) is 23.1 Å². The molecule has 0 aliphatic rings. The van der Waals surface area contributed by atoms with Crippen LogP contribution >= 0.6 is 0 Å². The zero-order valence-corrected chi connectivity index (χ0v) is 13.7. The Morgan fingerprint density at radius 1 is 0.667 bits per heavy atom. The van der Waals surface area contributed by atoms with E-state index in [1.54, 1.807) is 12.1 Å². The van der Waals surface area contributed by atoms with Crippen LogP contribution in [-0.4, -0.2) is 0 Å². The van der Waals surface area contributed by atoms with Gasteiger partial charge < -0.3 is 0 Å². The Balaban J connectivity index is 1.91. The Morgan fingerprint density at radius 2 is 1.29 bits per heavy atom. The van der Waals surface area contributed by atoms with Crippen molar-refractivity contribution in [3.05, 3.63) is 83.9 Å². The lowest BCUT2D eigenvalue weighted by Gasteiger charge is -2.09. The van der Waals surface area contributed by atoms with E-state index < -0.39 is 11.6 Å². The third-order valence-electron chi connectivity index (χ3n) is 4.26. The van der Waals surface area contributed by atoms with Gasteiger partial charge in [-0.1, -0.05) is 80.1 Å². The molecule has 2 heteroatoms. The number of unbranched alkanes of at least 4 members (excludes halogenated alkanes) is 1. The molecule has 0 saturated heterocycles. The highest BCUT2D eigenvalue weighted by Crippen LogP contribution is 2.29. The lowest BCUT2D eigenvalue weighted by Crippen LogP contribution is -1.97. The summed E-state index contributed by atoms with van der Waals surface area (Å²) in [6.45, 7) is 2.04. The lowest BCUT2D eigenvalue weighted by molar-refractivity contribution is 0.499. The van der Waals surface area contributed by atoms with Crippen LogP contribution in [0.25, 0.3) is 22.3 Å². The highest BCUT2D eigenvalue weighted by atomic mass is 19.2. The molecule has 0 nitrogen and oxygen atoms in total. The van der Waals surface area contributed by atoms with E-state index in [2.05, 4.69) is 0 Å². The molecule has 0 heterocycles. The molecule has 0 amide bonds. The topological polar surface area (TPSA) is 0 Å². The second kappa shape index (κ2) is 7.39. The van der Waals surface area contributed by atoms with Crippen molar-refractivity contribution < 1.29 is 8.78 Å². The van der Waals surface area contributed by atoms with Crippen LogP contribution < -0.4 is 0 Å². The molecule has 3 aromatic rings. The van der Waals surface area contributed by atoms with Crippen molar-refractivity contribution in [2.75, 3.05) is 0 Å². The first-order chi connectivity index (χ1) is 11.7. The van der Waals surface area contributed by atoms with Gasteiger partial charge in [0.05, 0.1) is 0 Å². The van der Waals surface area contributed by atoms with Crippen LogP contribution in [0, 0.1) is 11.6 Å². The molecule has 0 spiro atoms. The highest BCUT2D eigenvalue weighted by molar-refractivity contribution is 5.71. The molecule has 0 aromatic heterocycles. The van der Waals surface area contributed by atoms with Gasteiger partial charge in [-0.3, -0.25) is 0 Å². The van der Waals surface area contributed by atoms with Gasteiger partial charge in [-0.2, -0.15) is 0 Å². The highest BCUT2D eigenvalue weighted by Gasteiger charge is 2.14. The maximum absolute atomic E-state index is 14.4. The summed E-state index contributed by atoms with van der Waals surface area (Å²) in [5.41, 5.74) is 3.62. The van der Waals surface area contributed by atoms with Gasteiger partial charge in [0.25, 0.3) is 0 Å². The zero-order chi connectivity index (χ0) is 16.9.